The molecule has 0 aromatic heterocycles. The van der Waals surface area contributed by atoms with Crippen LogP contribution in [0.15, 0.2) is 146 Å². The summed E-state index contributed by atoms with van der Waals surface area (Å²) in [4.78, 5) is 38.2. The van der Waals surface area contributed by atoms with Crippen LogP contribution in [0.1, 0.15) is 271 Å². The Morgan fingerprint density at radius 2 is 0.538 bits per heavy atom. The number of esters is 3. The van der Waals surface area contributed by atoms with Crippen molar-refractivity contribution < 1.29 is 28.6 Å². The monoisotopic (exact) mass is 1080 g/mol. The van der Waals surface area contributed by atoms with Gasteiger partial charge in [0.15, 0.2) is 6.10 Å². The van der Waals surface area contributed by atoms with Crippen molar-refractivity contribution >= 4 is 17.9 Å². The Morgan fingerprint density at radius 3 is 0.897 bits per heavy atom. The van der Waals surface area contributed by atoms with Crippen LogP contribution in [0.5, 0.6) is 0 Å². The van der Waals surface area contributed by atoms with Gasteiger partial charge < -0.3 is 14.2 Å². The first-order valence-corrected chi connectivity index (χ1v) is 31.8. The zero-order valence-corrected chi connectivity index (χ0v) is 50.4. The van der Waals surface area contributed by atoms with Gasteiger partial charge in [0.25, 0.3) is 0 Å². The lowest BCUT2D eigenvalue weighted by Crippen LogP contribution is -2.30. The van der Waals surface area contributed by atoms with Crippen molar-refractivity contribution in [3.8, 4) is 0 Å². The van der Waals surface area contributed by atoms with Gasteiger partial charge in [-0.2, -0.15) is 0 Å². The van der Waals surface area contributed by atoms with E-state index in [0.717, 1.165) is 128 Å². The molecule has 6 heteroatoms. The van der Waals surface area contributed by atoms with Gasteiger partial charge in [-0.15, -0.1) is 0 Å². The molecule has 78 heavy (non-hydrogen) atoms. The Morgan fingerprint density at radius 1 is 0.269 bits per heavy atom. The summed E-state index contributed by atoms with van der Waals surface area (Å²) in [5.74, 6) is -0.986. The predicted octanol–water partition coefficient (Wildman–Crippen LogP) is 21.9. The Hall–Kier alpha value is -4.71. The van der Waals surface area contributed by atoms with Crippen LogP contribution < -0.4 is 0 Å². The summed E-state index contributed by atoms with van der Waals surface area (Å²) in [7, 11) is 0. The lowest BCUT2D eigenvalue weighted by molar-refractivity contribution is -0.167. The number of ether oxygens (including phenoxy) is 3. The maximum atomic E-state index is 12.9. The summed E-state index contributed by atoms with van der Waals surface area (Å²) < 4.78 is 16.8. The third kappa shape index (κ3) is 62.1. The van der Waals surface area contributed by atoms with Gasteiger partial charge in [-0.3, -0.25) is 14.4 Å². The SMILES string of the molecule is CC/C=C\C/C=C\C/C=C\C/C=C\C/C=C\C/C=C\C/C=C\C/C=C\C/C=C\CCCC(=O)OCC(COC(=O)CCCCCCC/C=C\CCC)OC(=O)CCCCCCCCCCC/C=C\C/C=C\CCCCCCC. The second kappa shape index (κ2) is 64.8. The molecule has 0 N–H and O–H groups in total. The second-order valence-electron chi connectivity index (χ2n) is 20.6. The maximum Gasteiger partial charge on any atom is 0.306 e. The molecule has 1 unspecified atom stereocenters. The van der Waals surface area contributed by atoms with E-state index in [1.807, 2.05) is 0 Å². The summed E-state index contributed by atoms with van der Waals surface area (Å²) in [6, 6.07) is 0. The molecule has 0 aromatic carbocycles. The zero-order chi connectivity index (χ0) is 56.4. The third-order valence-corrected chi connectivity index (χ3v) is 13.0. The standard InChI is InChI=1S/C72H116O6/c1-4-7-10-13-16-19-22-24-26-28-30-32-33-34-35-36-37-38-39-41-42-44-46-48-50-53-56-59-62-65-71(74)77-68-69(67-76-70(73)64-61-58-55-52-21-18-15-12-9-6-3)78-72(75)66-63-60-57-54-51-49-47-45-43-40-31-29-27-25-23-20-17-14-11-8-5-2/h7,10,12,15-16,19,23-26,29-32,34-35,37-38,41-42,46,48,53,56,69H,4-6,8-9,11,13-14,17-18,20-22,27-28,33,36,39-40,43-45,47,49-52,54-55,57-68H2,1-3H3/b10-7-,15-12-,19-16-,25-23-,26-24-,31-29-,32-30-,35-34-,38-37-,42-41-,48-46-,56-53-. The molecule has 1 atom stereocenters. The highest BCUT2D eigenvalue weighted by Crippen LogP contribution is 2.14. The Labute approximate surface area is 480 Å². The number of hydrogen-bond donors (Lipinski definition) is 0. The van der Waals surface area contributed by atoms with E-state index >= 15 is 0 Å². The fourth-order valence-corrected chi connectivity index (χ4v) is 8.30. The van der Waals surface area contributed by atoms with Gasteiger partial charge in [-0.1, -0.05) is 263 Å². The molecule has 0 aliphatic carbocycles. The van der Waals surface area contributed by atoms with E-state index in [1.165, 1.54) is 96.3 Å². The van der Waals surface area contributed by atoms with Crippen LogP contribution in [-0.4, -0.2) is 37.2 Å². The van der Waals surface area contributed by atoms with Crippen molar-refractivity contribution in [2.75, 3.05) is 13.2 Å². The van der Waals surface area contributed by atoms with Crippen LogP contribution in [0.25, 0.3) is 0 Å². The largest absolute Gasteiger partial charge is 0.462 e. The van der Waals surface area contributed by atoms with Gasteiger partial charge in [0.05, 0.1) is 0 Å². The van der Waals surface area contributed by atoms with Gasteiger partial charge in [0.1, 0.15) is 13.2 Å². The molecule has 0 aliphatic heterocycles. The summed E-state index contributed by atoms with van der Waals surface area (Å²) in [5.41, 5.74) is 0. The molecule has 0 amide bonds. The Balaban J connectivity index is 4.40. The number of hydrogen-bond acceptors (Lipinski definition) is 6. The average molecular weight is 1080 g/mol. The van der Waals surface area contributed by atoms with Crippen molar-refractivity contribution in [3.63, 3.8) is 0 Å². The maximum absolute atomic E-state index is 12.9. The lowest BCUT2D eigenvalue weighted by atomic mass is 10.1. The van der Waals surface area contributed by atoms with Crippen molar-refractivity contribution in [2.24, 2.45) is 0 Å². The van der Waals surface area contributed by atoms with Crippen LogP contribution in [0.2, 0.25) is 0 Å². The first-order valence-electron chi connectivity index (χ1n) is 31.8. The average Bonchev–Trinajstić information content (AvgIpc) is 3.44. The zero-order valence-electron chi connectivity index (χ0n) is 50.4. The first kappa shape index (κ1) is 73.3. The van der Waals surface area contributed by atoms with Crippen LogP contribution in [-0.2, 0) is 28.6 Å². The highest BCUT2D eigenvalue weighted by Gasteiger charge is 2.19. The summed E-state index contributed by atoms with van der Waals surface area (Å²) in [6.07, 6.45) is 92.9. The van der Waals surface area contributed by atoms with Gasteiger partial charge in [-0.25, -0.2) is 0 Å². The molecule has 0 radical (unpaired) electrons. The van der Waals surface area contributed by atoms with Crippen LogP contribution >= 0.6 is 0 Å². The summed E-state index contributed by atoms with van der Waals surface area (Å²) in [6.45, 7) is 6.39. The summed E-state index contributed by atoms with van der Waals surface area (Å²) in [5, 5.41) is 0. The predicted molar refractivity (Wildman–Crippen MR) is 339 cm³/mol. The number of carbonyl (C=O) groups excluding carboxylic acids is 3. The first-order chi connectivity index (χ1) is 38.5. The van der Waals surface area contributed by atoms with E-state index in [1.54, 1.807) is 0 Å². The van der Waals surface area contributed by atoms with Crippen molar-refractivity contribution in [1.82, 2.24) is 0 Å². The van der Waals surface area contributed by atoms with Crippen LogP contribution in [0.4, 0.5) is 0 Å². The molecule has 0 spiro atoms. The number of allylic oxidation sites excluding steroid dienone is 24. The fourth-order valence-electron chi connectivity index (χ4n) is 8.30. The van der Waals surface area contributed by atoms with Crippen molar-refractivity contribution in [3.05, 3.63) is 146 Å². The smallest absolute Gasteiger partial charge is 0.306 e. The van der Waals surface area contributed by atoms with E-state index in [2.05, 4.69) is 167 Å². The molecule has 0 aliphatic rings. The van der Waals surface area contributed by atoms with Crippen LogP contribution in [0, 0.1) is 0 Å². The van der Waals surface area contributed by atoms with E-state index in [9.17, 15) is 14.4 Å². The van der Waals surface area contributed by atoms with E-state index in [-0.39, 0.29) is 37.5 Å². The normalized spacial score (nSPS) is 13.1. The molecular weight excluding hydrogens is 961 g/mol. The second-order valence-corrected chi connectivity index (χ2v) is 20.6. The lowest BCUT2D eigenvalue weighted by Gasteiger charge is -2.18. The third-order valence-electron chi connectivity index (χ3n) is 13.0. The van der Waals surface area contributed by atoms with Crippen LogP contribution in [0.3, 0.4) is 0 Å². The Kier molecular flexibility index (Phi) is 60.9. The molecule has 6 nitrogen and oxygen atoms in total. The Bertz CT molecular complexity index is 1710. The van der Waals surface area contributed by atoms with Gasteiger partial charge in [-0.05, 0) is 135 Å². The molecule has 0 saturated heterocycles. The van der Waals surface area contributed by atoms with Crippen molar-refractivity contribution in [1.29, 1.82) is 0 Å². The molecular formula is C72H116O6. The molecule has 0 rings (SSSR count). The number of rotatable bonds is 56. The number of carbonyl (C=O) groups is 3. The topological polar surface area (TPSA) is 78.9 Å². The minimum absolute atomic E-state index is 0.107. The number of unbranched alkanes of at least 4 members (excludes halogenated alkanes) is 21. The highest BCUT2D eigenvalue weighted by molar-refractivity contribution is 5.71. The van der Waals surface area contributed by atoms with Gasteiger partial charge >= 0.3 is 17.9 Å². The molecule has 0 bridgehead atoms. The van der Waals surface area contributed by atoms with E-state index in [4.69, 9.17) is 14.2 Å². The minimum Gasteiger partial charge on any atom is -0.462 e. The molecule has 0 aromatic rings. The van der Waals surface area contributed by atoms with Crippen molar-refractivity contribution in [2.45, 2.75) is 277 Å². The van der Waals surface area contributed by atoms with E-state index < -0.39 is 6.10 Å². The van der Waals surface area contributed by atoms with Gasteiger partial charge in [0.2, 0.25) is 0 Å². The van der Waals surface area contributed by atoms with Gasteiger partial charge in [0, 0.05) is 19.3 Å². The minimum atomic E-state index is -0.813. The quantitative estimate of drug-likeness (QED) is 0.0261. The fraction of sp³-hybridized carbons (Fsp3) is 0.625. The molecule has 0 saturated carbocycles. The highest BCUT2D eigenvalue weighted by atomic mass is 16.6. The molecule has 440 valence electrons. The molecule has 0 heterocycles. The van der Waals surface area contributed by atoms with E-state index in [0.29, 0.717) is 19.3 Å². The summed E-state index contributed by atoms with van der Waals surface area (Å²) >= 11 is 0. The molecule has 0 fully saturated rings.